The second-order valence-corrected chi connectivity index (χ2v) is 10.3. The Bertz CT molecular complexity index is 988. The van der Waals surface area contributed by atoms with E-state index >= 15 is 0 Å². The summed E-state index contributed by atoms with van der Waals surface area (Å²) < 4.78 is 6.14. The summed E-state index contributed by atoms with van der Waals surface area (Å²) >= 11 is 0. The number of hydrogen-bond acceptors (Lipinski definition) is 3. The van der Waals surface area contributed by atoms with Gasteiger partial charge in [-0.3, -0.25) is 9.79 Å². The summed E-state index contributed by atoms with van der Waals surface area (Å²) in [5.41, 5.74) is 6.66. The van der Waals surface area contributed by atoms with E-state index in [1.807, 2.05) is 7.05 Å². The van der Waals surface area contributed by atoms with Crippen LogP contribution in [0.3, 0.4) is 0 Å². The molecule has 0 spiro atoms. The molecule has 3 heteroatoms. The molecule has 5 atom stereocenters. The Morgan fingerprint density at radius 3 is 2.58 bits per heavy atom. The van der Waals surface area contributed by atoms with E-state index in [-0.39, 0.29) is 11.2 Å². The molecule has 0 aromatic heterocycles. The number of aliphatic imine (C=N–C) groups is 1. The lowest BCUT2D eigenvalue weighted by Gasteiger charge is -2.55. The number of carbonyl (C=O) groups is 1. The average Bonchev–Trinajstić information content (AvgIpc) is 3.11. The Labute approximate surface area is 186 Å². The first-order valence-electron chi connectivity index (χ1n) is 12.0. The summed E-state index contributed by atoms with van der Waals surface area (Å²) in [6, 6.07) is 11.0. The highest BCUT2D eigenvalue weighted by Crippen LogP contribution is 2.67. The van der Waals surface area contributed by atoms with Gasteiger partial charge in [-0.1, -0.05) is 42.8 Å². The molecule has 0 heterocycles. The van der Waals surface area contributed by atoms with Crippen molar-refractivity contribution in [2.75, 3.05) is 14.2 Å². The van der Waals surface area contributed by atoms with E-state index in [0.29, 0.717) is 17.8 Å². The van der Waals surface area contributed by atoms with Crippen molar-refractivity contribution in [2.45, 2.75) is 70.3 Å². The fourth-order valence-electron chi connectivity index (χ4n) is 7.88. The van der Waals surface area contributed by atoms with E-state index in [4.69, 9.17) is 4.74 Å². The summed E-state index contributed by atoms with van der Waals surface area (Å²) in [4.78, 5) is 17.5. The van der Waals surface area contributed by atoms with Crippen LogP contribution in [-0.2, 0) is 9.53 Å². The van der Waals surface area contributed by atoms with Gasteiger partial charge in [0, 0.05) is 31.2 Å². The van der Waals surface area contributed by atoms with E-state index in [9.17, 15) is 4.79 Å². The van der Waals surface area contributed by atoms with Crippen LogP contribution in [0, 0.1) is 17.3 Å². The second kappa shape index (κ2) is 7.55. The summed E-state index contributed by atoms with van der Waals surface area (Å²) in [7, 11) is 3.68. The maximum Gasteiger partial charge on any atom is 0.162 e. The maximum absolute atomic E-state index is 13.0. The number of ketones is 1. The minimum absolute atomic E-state index is 0.130. The SMILES string of the molecule is C/N=C1\C=C2CCC3C(=C2CC1)[C@@H](c1ccccc1)C[C@@]1(C)C3CC[C@]1(OC)C(C)=O. The summed E-state index contributed by atoms with van der Waals surface area (Å²) in [5, 5.41) is 0. The lowest BCUT2D eigenvalue weighted by Crippen LogP contribution is -2.56. The molecule has 0 radical (unpaired) electrons. The first-order valence-corrected chi connectivity index (χ1v) is 12.0. The number of methoxy groups -OCH3 is 1. The third-order valence-electron chi connectivity index (χ3n) is 9.28. The average molecular weight is 418 g/mol. The Morgan fingerprint density at radius 1 is 1.13 bits per heavy atom. The molecule has 0 bridgehead atoms. The van der Waals surface area contributed by atoms with E-state index in [1.54, 1.807) is 25.2 Å². The molecule has 2 fully saturated rings. The molecule has 2 unspecified atom stereocenters. The monoisotopic (exact) mass is 417 g/mol. The van der Waals surface area contributed by atoms with Crippen molar-refractivity contribution < 1.29 is 9.53 Å². The molecular formula is C28H35NO2. The third kappa shape index (κ3) is 2.88. The van der Waals surface area contributed by atoms with Crippen LogP contribution < -0.4 is 0 Å². The van der Waals surface area contributed by atoms with E-state index in [0.717, 1.165) is 38.5 Å². The first-order chi connectivity index (χ1) is 14.9. The quantitative estimate of drug-likeness (QED) is 0.599. The lowest BCUT2D eigenvalue weighted by atomic mass is 9.50. The fraction of sp³-hybridized carbons (Fsp3) is 0.571. The Kier molecular flexibility index (Phi) is 5.08. The molecule has 0 aliphatic heterocycles. The van der Waals surface area contributed by atoms with Gasteiger partial charge in [-0.05, 0) is 86.5 Å². The number of fused-ring (bicyclic) bond motifs is 4. The highest BCUT2D eigenvalue weighted by Gasteiger charge is 2.65. The van der Waals surface area contributed by atoms with Gasteiger partial charge in [0.1, 0.15) is 5.60 Å². The third-order valence-corrected chi connectivity index (χ3v) is 9.28. The van der Waals surface area contributed by atoms with Gasteiger partial charge in [0.05, 0.1) is 0 Å². The number of rotatable bonds is 3. The molecule has 0 amide bonds. The minimum Gasteiger partial charge on any atom is -0.370 e. The Hall–Kier alpha value is -2.00. The van der Waals surface area contributed by atoms with Crippen LogP contribution in [0.1, 0.15) is 70.3 Å². The zero-order chi connectivity index (χ0) is 21.8. The van der Waals surface area contributed by atoms with Gasteiger partial charge in [0.25, 0.3) is 0 Å². The molecule has 1 aromatic rings. The molecule has 0 saturated heterocycles. The number of allylic oxidation sites excluding steroid dienone is 4. The van der Waals surface area contributed by atoms with E-state index < -0.39 is 5.60 Å². The number of carbonyl (C=O) groups excluding carboxylic acids is 1. The van der Waals surface area contributed by atoms with Crippen LogP contribution in [0.2, 0.25) is 0 Å². The number of Topliss-reactive ketones (excluding diaryl/α,β-unsaturated/α-hetero) is 1. The zero-order valence-electron chi connectivity index (χ0n) is 19.4. The van der Waals surface area contributed by atoms with Gasteiger partial charge >= 0.3 is 0 Å². The largest absolute Gasteiger partial charge is 0.370 e. The van der Waals surface area contributed by atoms with Gasteiger partial charge in [0.15, 0.2) is 5.78 Å². The Balaban J connectivity index is 1.70. The molecule has 2 saturated carbocycles. The van der Waals surface area contributed by atoms with Crippen LogP contribution in [-0.4, -0.2) is 31.3 Å². The van der Waals surface area contributed by atoms with Crippen LogP contribution in [0.4, 0.5) is 0 Å². The molecule has 31 heavy (non-hydrogen) atoms. The predicted molar refractivity (Wildman–Crippen MR) is 125 cm³/mol. The zero-order valence-corrected chi connectivity index (χ0v) is 19.4. The van der Waals surface area contributed by atoms with Gasteiger partial charge in [-0.25, -0.2) is 0 Å². The van der Waals surface area contributed by atoms with Crippen molar-refractivity contribution in [3.8, 4) is 0 Å². The van der Waals surface area contributed by atoms with Crippen molar-refractivity contribution in [1.82, 2.24) is 0 Å². The Morgan fingerprint density at radius 2 is 1.90 bits per heavy atom. The van der Waals surface area contributed by atoms with Gasteiger partial charge in [-0.2, -0.15) is 0 Å². The normalized spacial score (nSPS) is 38.4. The number of nitrogens with zero attached hydrogens (tertiary/aromatic N) is 1. The summed E-state index contributed by atoms with van der Waals surface area (Å²) in [6.07, 6.45) is 9.78. The molecule has 4 aliphatic rings. The number of hydrogen-bond donors (Lipinski definition) is 0. The smallest absolute Gasteiger partial charge is 0.162 e. The minimum atomic E-state index is -0.647. The molecule has 5 rings (SSSR count). The van der Waals surface area contributed by atoms with Crippen LogP contribution in [0.15, 0.2) is 58.1 Å². The van der Waals surface area contributed by atoms with E-state index in [2.05, 4.69) is 48.3 Å². The highest BCUT2D eigenvalue weighted by atomic mass is 16.5. The fourth-order valence-corrected chi connectivity index (χ4v) is 7.88. The first kappa shape index (κ1) is 20.9. The van der Waals surface area contributed by atoms with Gasteiger partial charge < -0.3 is 4.74 Å². The molecule has 0 N–H and O–H groups in total. The molecular weight excluding hydrogens is 382 g/mol. The van der Waals surface area contributed by atoms with Crippen LogP contribution >= 0.6 is 0 Å². The van der Waals surface area contributed by atoms with Gasteiger partial charge in [-0.15, -0.1) is 0 Å². The molecule has 1 aromatic carbocycles. The lowest BCUT2D eigenvalue weighted by molar-refractivity contribution is -0.160. The van der Waals surface area contributed by atoms with Crippen molar-refractivity contribution in [2.24, 2.45) is 22.2 Å². The topological polar surface area (TPSA) is 38.7 Å². The van der Waals surface area contributed by atoms with Crippen molar-refractivity contribution in [1.29, 1.82) is 0 Å². The molecule has 4 aliphatic carbocycles. The van der Waals surface area contributed by atoms with E-state index in [1.165, 1.54) is 23.3 Å². The highest BCUT2D eigenvalue weighted by molar-refractivity contribution is 5.97. The van der Waals surface area contributed by atoms with Crippen molar-refractivity contribution in [3.05, 3.63) is 58.7 Å². The molecule has 164 valence electrons. The second-order valence-electron chi connectivity index (χ2n) is 10.3. The van der Waals surface area contributed by atoms with Crippen molar-refractivity contribution >= 4 is 11.5 Å². The standard InChI is InChI=1S/C28H35NO2/c1-18(30)28(31-4)15-14-25-23-12-10-20-16-21(29-3)11-13-22(20)26(23)24(17-27(25,28)2)19-8-6-5-7-9-19/h5-9,16,23-25H,10-15,17H2,1-4H3/b29-21-/t23?,24-,25?,27+,28+/m1/s1. The summed E-state index contributed by atoms with van der Waals surface area (Å²) in [5.74, 6) is 1.63. The molecule has 3 nitrogen and oxygen atoms in total. The predicted octanol–water partition coefficient (Wildman–Crippen LogP) is 6.06. The summed E-state index contributed by atoms with van der Waals surface area (Å²) in [6.45, 7) is 4.11. The van der Waals surface area contributed by atoms with Gasteiger partial charge in [0.2, 0.25) is 0 Å². The number of ether oxygens (including phenoxy) is 1. The van der Waals surface area contributed by atoms with Crippen molar-refractivity contribution in [3.63, 3.8) is 0 Å². The van der Waals surface area contributed by atoms with Crippen LogP contribution in [0.25, 0.3) is 0 Å². The number of benzene rings is 1. The van der Waals surface area contributed by atoms with Crippen LogP contribution in [0.5, 0.6) is 0 Å². The maximum atomic E-state index is 13.0.